The molecule has 0 aromatic heterocycles. The zero-order valence-electron chi connectivity index (χ0n) is 13.3. The van der Waals surface area contributed by atoms with Crippen molar-refractivity contribution in [3.63, 3.8) is 0 Å². The highest BCUT2D eigenvalue weighted by Gasteiger charge is 2.43. The van der Waals surface area contributed by atoms with Gasteiger partial charge in [-0.25, -0.2) is 0 Å². The molecule has 2 N–H and O–H groups in total. The van der Waals surface area contributed by atoms with Crippen LogP contribution in [-0.4, -0.2) is 31.3 Å². The van der Waals surface area contributed by atoms with E-state index in [1.807, 2.05) is 6.07 Å². The number of halogens is 2. The first kappa shape index (κ1) is 17.5. The Bertz CT molecular complexity index is 814. The highest BCUT2D eigenvalue weighted by Crippen LogP contribution is 2.42. The summed E-state index contributed by atoms with van der Waals surface area (Å²) >= 11 is 0. The van der Waals surface area contributed by atoms with E-state index in [9.17, 15) is 18.4 Å². The van der Waals surface area contributed by atoms with Crippen molar-refractivity contribution in [3.05, 3.63) is 48.5 Å². The van der Waals surface area contributed by atoms with Gasteiger partial charge >= 0.3 is 6.29 Å². The number of nitrogens with one attached hydrogen (secondary N) is 2. The molecule has 0 saturated heterocycles. The zero-order chi connectivity index (χ0) is 18.6. The quantitative estimate of drug-likeness (QED) is 0.820. The molecule has 7 nitrogen and oxygen atoms in total. The zero-order valence-corrected chi connectivity index (χ0v) is 13.3. The molecule has 1 aliphatic rings. The summed E-state index contributed by atoms with van der Waals surface area (Å²) in [7, 11) is 0. The molecule has 0 unspecified atom stereocenters. The number of amides is 2. The van der Waals surface area contributed by atoms with E-state index in [0.29, 0.717) is 5.75 Å². The van der Waals surface area contributed by atoms with Gasteiger partial charge in [-0.05, 0) is 24.3 Å². The number of hydrogen-bond acceptors (Lipinski definition) is 5. The van der Waals surface area contributed by atoms with Crippen LogP contribution in [-0.2, 0) is 9.59 Å². The Morgan fingerprint density at radius 2 is 1.73 bits per heavy atom. The van der Waals surface area contributed by atoms with Crippen LogP contribution >= 0.6 is 0 Å². The van der Waals surface area contributed by atoms with E-state index in [0.717, 1.165) is 0 Å². The second-order valence-electron chi connectivity index (χ2n) is 5.26. The Morgan fingerprint density at radius 3 is 2.50 bits per heavy atom. The van der Waals surface area contributed by atoms with Gasteiger partial charge < -0.3 is 24.8 Å². The normalized spacial score (nSPS) is 13.8. The molecule has 0 aliphatic carbocycles. The van der Waals surface area contributed by atoms with E-state index in [-0.39, 0.29) is 30.3 Å². The molecule has 0 radical (unpaired) electrons. The molecule has 0 spiro atoms. The van der Waals surface area contributed by atoms with Crippen LogP contribution in [0.5, 0.6) is 17.2 Å². The van der Waals surface area contributed by atoms with Gasteiger partial charge in [-0.2, -0.15) is 0 Å². The summed E-state index contributed by atoms with van der Waals surface area (Å²) in [5.74, 6) is -0.797. The van der Waals surface area contributed by atoms with Gasteiger partial charge in [0.15, 0.2) is 18.1 Å². The van der Waals surface area contributed by atoms with Crippen molar-refractivity contribution in [3.8, 4) is 17.2 Å². The van der Waals surface area contributed by atoms with Crippen LogP contribution in [0.3, 0.4) is 0 Å². The Hall–Kier alpha value is -3.36. The number of rotatable bonds is 6. The fourth-order valence-corrected chi connectivity index (χ4v) is 2.13. The third-order valence-corrected chi connectivity index (χ3v) is 3.24. The largest absolute Gasteiger partial charge is 0.586 e. The maximum atomic E-state index is 12.9. The van der Waals surface area contributed by atoms with Crippen molar-refractivity contribution < 1.29 is 32.6 Å². The lowest BCUT2D eigenvalue weighted by atomic mass is 10.3. The number of carbonyl (C=O) groups excluding carboxylic acids is 2. The van der Waals surface area contributed by atoms with E-state index < -0.39 is 18.1 Å². The first-order valence-corrected chi connectivity index (χ1v) is 7.55. The second-order valence-corrected chi connectivity index (χ2v) is 5.26. The average molecular weight is 364 g/mol. The summed E-state index contributed by atoms with van der Waals surface area (Å²) in [5, 5.41) is 4.84. The molecule has 1 heterocycles. The fraction of sp³-hybridized carbons (Fsp3) is 0.176. The van der Waals surface area contributed by atoms with Crippen molar-refractivity contribution in [2.75, 3.05) is 18.5 Å². The first-order valence-electron chi connectivity index (χ1n) is 7.55. The molecule has 2 amide bonds. The summed E-state index contributed by atoms with van der Waals surface area (Å²) in [6.07, 6.45) is -3.72. The van der Waals surface area contributed by atoms with Gasteiger partial charge in [0.05, 0.1) is 6.54 Å². The summed E-state index contributed by atoms with van der Waals surface area (Å²) in [6, 6.07) is 12.6. The molecular formula is C17H14F2N2O5. The van der Waals surface area contributed by atoms with E-state index in [1.54, 1.807) is 24.3 Å². The SMILES string of the molecule is O=C(COc1ccccc1)NCC(=O)Nc1ccc2c(c1)OC(F)(F)O2. The molecule has 2 aromatic carbocycles. The first-order chi connectivity index (χ1) is 12.4. The lowest BCUT2D eigenvalue weighted by Crippen LogP contribution is -2.35. The van der Waals surface area contributed by atoms with Crippen LogP contribution < -0.4 is 24.8 Å². The maximum Gasteiger partial charge on any atom is 0.586 e. The molecule has 0 saturated carbocycles. The highest BCUT2D eigenvalue weighted by atomic mass is 19.3. The molecule has 0 atom stereocenters. The number of hydrogen-bond donors (Lipinski definition) is 2. The molecule has 3 rings (SSSR count). The molecule has 0 fully saturated rings. The van der Waals surface area contributed by atoms with Gasteiger partial charge in [-0.1, -0.05) is 18.2 Å². The van der Waals surface area contributed by atoms with Crippen LogP contribution in [0, 0.1) is 0 Å². The van der Waals surface area contributed by atoms with E-state index in [1.165, 1.54) is 18.2 Å². The van der Waals surface area contributed by atoms with Gasteiger partial charge in [0, 0.05) is 11.8 Å². The van der Waals surface area contributed by atoms with Crippen molar-refractivity contribution in [2.24, 2.45) is 0 Å². The minimum Gasteiger partial charge on any atom is -0.484 e. The summed E-state index contributed by atoms with van der Waals surface area (Å²) in [5.41, 5.74) is 0.227. The van der Waals surface area contributed by atoms with Gasteiger partial charge in [-0.3, -0.25) is 9.59 Å². The number of ether oxygens (including phenoxy) is 3. The van der Waals surface area contributed by atoms with Gasteiger partial charge in [0.1, 0.15) is 5.75 Å². The molecule has 9 heteroatoms. The third kappa shape index (κ3) is 4.59. The van der Waals surface area contributed by atoms with Crippen LogP contribution in [0.2, 0.25) is 0 Å². The van der Waals surface area contributed by atoms with Crippen LogP contribution in [0.25, 0.3) is 0 Å². The predicted octanol–water partition coefficient (Wildman–Crippen LogP) is 2.14. The van der Waals surface area contributed by atoms with Crippen LogP contribution in [0.4, 0.5) is 14.5 Å². The predicted molar refractivity (Wildman–Crippen MR) is 86.2 cm³/mol. The Kier molecular flexibility index (Phi) is 4.87. The van der Waals surface area contributed by atoms with E-state index in [4.69, 9.17) is 4.74 Å². The Labute approximate surface area is 146 Å². The monoisotopic (exact) mass is 364 g/mol. The Balaban J connectivity index is 1.44. The summed E-state index contributed by atoms with van der Waals surface area (Å²) < 4.78 is 39.7. The molecule has 1 aliphatic heterocycles. The molecule has 136 valence electrons. The fourth-order valence-electron chi connectivity index (χ4n) is 2.13. The van der Waals surface area contributed by atoms with Crippen molar-refractivity contribution >= 4 is 17.5 Å². The van der Waals surface area contributed by atoms with Crippen molar-refractivity contribution in [2.45, 2.75) is 6.29 Å². The minimum atomic E-state index is -3.72. The number of anilines is 1. The summed E-state index contributed by atoms with van der Waals surface area (Å²) in [4.78, 5) is 23.5. The van der Waals surface area contributed by atoms with Gasteiger partial charge in [0.25, 0.3) is 5.91 Å². The van der Waals surface area contributed by atoms with E-state index >= 15 is 0 Å². The molecule has 26 heavy (non-hydrogen) atoms. The number of alkyl halides is 2. The lowest BCUT2D eigenvalue weighted by molar-refractivity contribution is -0.286. The number of fused-ring (bicyclic) bond motifs is 1. The topological polar surface area (TPSA) is 85.9 Å². The average Bonchev–Trinajstić information content (AvgIpc) is 2.92. The summed E-state index contributed by atoms with van der Waals surface area (Å²) in [6.45, 7) is -0.544. The maximum absolute atomic E-state index is 12.9. The molecular weight excluding hydrogens is 350 g/mol. The second kappa shape index (κ2) is 7.26. The van der Waals surface area contributed by atoms with Crippen LogP contribution in [0.1, 0.15) is 0 Å². The van der Waals surface area contributed by atoms with Crippen molar-refractivity contribution in [1.29, 1.82) is 0 Å². The minimum absolute atomic E-state index is 0.126. The Morgan fingerprint density at radius 1 is 1.00 bits per heavy atom. The third-order valence-electron chi connectivity index (χ3n) is 3.24. The lowest BCUT2D eigenvalue weighted by Gasteiger charge is -2.08. The van der Waals surface area contributed by atoms with Crippen molar-refractivity contribution in [1.82, 2.24) is 5.32 Å². The molecule has 0 bridgehead atoms. The van der Waals surface area contributed by atoms with Gasteiger partial charge in [0.2, 0.25) is 5.91 Å². The number of para-hydroxylation sites is 1. The molecule has 2 aromatic rings. The van der Waals surface area contributed by atoms with Crippen LogP contribution in [0.15, 0.2) is 48.5 Å². The van der Waals surface area contributed by atoms with E-state index in [2.05, 4.69) is 20.1 Å². The number of carbonyl (C=O) groups is 2. The standard InChI is InChI=1S/C17H14F2N2O5/c18-17(19)25-13-7-6-11(8-14(13)26-17)21-15(22)9-20-16(23)10-24-12-4-2-1-3-5-12/h1-8H,9-10H2,(H,20,23)(H,21,22). The smallest absolute Gasteiger partial charge is 0.484 e. The van der Waals surface area contributed by atoms with Gasteiger partial charge in [-0.15, -0.1) is 8.78 Å². The number of benzene rings is 2. The highest BCUT2D eigenvalue weighted by molar-refractivity contribution is 5.95.